The molecular weight excluding hydrogens is 404 g/mol. The average Bonchev–Trinajstić information content (AvgIpc) is 3.02. The van der Waals surface area contributed by atoms with Gasteiger partial charge in [0, 0.05) is 12.0 Å². The molecule has 2 aromatic carbocycles. The zero-order valence-corrected chi connectivity index (χ0v) is 18.1. The van der Waals surface area contributed by atoms with Crippen LogP contribution in [0.25, 0.3) is 16.8 Å². The van der Waals surface area contributed by atoms with Gasteiger partial charge in [-0.2, -0.15) is 0 Å². The van der Waals surface area contributed by atoms with Crippen molar-refractivity contribution < 1.29 is 23.9 Å². The summed E-state index contributed by atoms with van der Waals surface area (Å²) in [6.45, 7) is 5.37. The largest absolute Gasteiger partial charge is 0.494 e. The number of hydrogen-bond acceptors (Lipinski definition) is 5. The van der Waals surface area contributed by atoms with Crippen LogP contribution in [0.1, 0.15) is 32.8 Å². The van der Waals surface area contributed by atoms with Gasteiger partial charge in [-0.05, 0) is 60.9 Å². The lowest BCUT2D eigenvalue weighted by Gasteiger charge is -2.37. The molecule has 1 aliphatic carbocycles. The first kappa shape index (κ1) is 20.2. The average molecular weight is 426 g/mol. The smallest absolute Gasteiger partial charge is 0.343 e. The number of ether oxygens (including phenoxy) is 2. The van der Waals surface area contributed by atoms with Gasteiger partial charge in [0.05, 0.1) is 11.8 Å². The molecule has 32 heavy (non-hydrogen) atoms. The maximum Gasteiger partial charge on any atom is 0.343 e. The fourth-order valence-electron chi connectivity index (χ4n) is 4.47. The molecule has 5 nitrogen and oxygen atoms in total. The number of fused-ring (bicyclic) bond motifs is 3. The predicted molar refractivity (Wildman–Crippen MR) is 120 cm³/mol. The second-order valence-electron chi connectivity index (χ2n) is 9.10. The first-order valence-corrected chi connectivity index (χ1v) is 10.5. The van der Waals surface area contributed by atoms with Gasteiger partial charge in [-0.1, -0.05) is 42.5 Å². The normalized spacial score (nSPS) is 24.0. The minimum atomic E-state index is -1.51. The maximum atomic E-state index is 13.2. The van der Waals surface area contributed by atoms with E-state index in [-0.39, 0.29) is 11.4 Å². The number of carbonyl (C=O) groups is 3. The van der Waals surface area contributed by atoms with Crippen LogP contribution in [0, 0.1) is 0 Å². The van der Waals surface area contributed by atoms with E-state index in [1.54, 1.807) is 12.2 Å². The Morgan fingerprint density at radius 2 is 1.78 bits per heavy atom. The number of hydrogen-bond donors (Lipinski definition) is 0. The van der Waals surface area contributed by atoms with Crippen LogP contribution in [0.5, 0.6) is 0 Å². The van der Waals surface area contributed by atoms with Crippen molar-refractivity contribution in [1.82, 2.24) is 0 Å². The van der Waals surface area contributed by atoms with Crippen LogP contribution in [0.3, 0.4) is 0 Å². The molecule has 0 radical (unpaired) electrons. The second-order valence-corrected chi connectivity index (χ2v) is 9.10. The third-order valence-corrected chi connectivity index (χ3v) is 6.19. The fourth-order valence-corrected chi connectivity index (χ4v) is 4.47. The Labute approximate surface area is 185 Å². The highest BCUT2D eigenvalue weighted by Crippen LogP contribution is 2.46. The highest BCUT2D eigenvalue weighted by molar-refractivity contribution is 6.28. The van der Waals surface area contributed by atoms with Crippen molar-refractivity contribution in [2.75, 3.05) is 0 Å². The molecular formula is C27H22O5. The molecule has 0 saturated heterocycles. The second kappa shape index (κ2) is 6.89. The van der Waals surface area contributed by atoms with E-state index in [1.165, 1.54) is 19.3 Å². The molecule has 1 unspecified atom stereocenters. The topological polar surface area (TPSA) is 69.7 Å². The molecule has 2 aromatic rings. The summed E-state index contributed by atoms with van der Waals surface area (Å²) in [7, 11) is 0. The molecule has 2 aliphatic heterocycles. The number of carbonyl (C=O) groups excluding carboxylic acids is 3. The van der Waals surface area contributed by atoms with E-state index in [0.29, 0.717) is 17.6 Å². The monoisotopic (exact) mass is 426 g/mol. The molecule has 1 atom stereocenters. The number of rotatable bonds is 3. The highest BCUT2D eigenvalue weighted by atomic mass is 16.6. The van der Waals surface area contributed by atoms with E-state index in [2.05, 4.69) is 0 Å². The predicted octanol–water partition coefficient (Wildman–Crippen LogP) is 4.63. The summed E-state index contributed by atoms with van der Waals surface area (Å²) in [5.74, 6) is -1.62. The van der Waals surface area contributed by atoms with Gasteiger partial charge in [-0.3, -0.25) is 9.59 Å². The van der Waals surface area contributed by atoms with Crippen molar-refractivity contribution in [2.24, 2.45) is 0 Å². The van der Waals surface area contributed by atoms with Crippen LogP contribution in [-0.4, -0.2) is 28.7 Å². The number of esters is 1. The Hall–Kier alpha value is -3.73. The van der Waals surface area contributed by atoms with Crippen molar-refractivity contribution in [1.29, 1.82) is 0 Å². The van der Waals surface area contributed by atoms with Gasteiger partial charge in [-0.15, -0.1) is 0 Å². The molecule has 160 valence electrons. The number of Topliss-reactive ketones (excluding diaryl/α,β-unsaturated/α-hetero) is 1. The molecule has 3 aliphatic rings. The minimum Gasteiger partial charge on any atom is -0.494 e. The van der Waals surface area contributed by atoms with Crippen molar-refractivity contribution in [3.8, 4) is 0 Å². The van der Waals surface area contributed by atoms with E-state index in [1.807, 2.05) is 56.3 Å². The first-order chi connectivity index (χ1) is 15.2. The standard InChI is InChI=1S/C27H22O5/c1-26(2)14-19-13-21-23(25(30)32-27(21,3)24(29)20(19)15-31-26)22(28)11-9-16-8-10-17-6-4-5-7-18(17)12-16/h4-13,15H,14H2,1-3H3/b11-9+. The molecule has 2 heterocycles. The SMILES string of the molecule is CC1(C)CC2=CC3=C(C(=O)/C=C/c4ccc5ccccc5c4)C(=O)OC3(C)C(=O)C2=CO1. The summed E-state index contributed by atoms with van der Waals surface area (Å²) in [5, 5.41) is 2.16. The molecule has 0 fully saturated rings. The Morgan fingerprint density at radius 1 is 1.03 bits per heavy atom. The Balaban J connectivity index is 1.54. The van der Waals surface area contributed by atoms with Gasteiger partial charge in [0.2, 0.25) is 5.78 Å². The van der Waals surface area contributed by atoms with E-state index in [9.17, 15) is 14.4 Å². The molecule has 0 amide bonds. The van der Waals surface area contributed by atoms with Gasteiger partial charge in [0.15, 0.2) is 11.4 Å². The Morgan fingerprint density at radius 3 is 2.56 bits per heavy atom. The third kappa shape index (κ3) is 3.12. The highest BCUT2D eigenvalue weighted by Gasteiger charge is 2.54. The molecule has 0 N–H and O–H groups in total. The van der Waals surface area contributed by atoms with Gasteiger partial charge in [-0.25, -0.2) is 4.79 Å². The molecule has 5 rings (SSSR count). The van der Waals surface area contributed by atoms with Gasteiger partial charge >= 0.3 is 5.97 Å². The van der Waals surface area contributed by atoms with E-state index < -0.39 is 23.0 Å². The van der Waals surface area contributed by atoms with Crippen LogP contribution in [0.4, 0.5) is 0 Å². The van der Waals surface area contributed by atoms with Gasteiger partial charge in [0.1, 0.15) is 11.2 Å². The van der Waals surface area contributed by atoms with Crippen molar-refractivity contribution in [2.45, 2.75) is 38.4 Å². The summed E-state index contributed by atoms with van der Waals surface area (Å²) < 4.78 is 11.1. The van der Waals surface area contributed by atoms with Gasteiger partial charge < -0.3 is 9.47 Å². The third-order valence-electron chi connectivity index (χ3n) is 6.19. The van der Waals surface area contributed by atoms with Crippen molar-refractivity contribution in [3.63, 3.8) is 0 Å². The fraction of sp³-hybridized carbons (Fsp3) is 0.222. The summed E-state index contributed by atoms with van der Waals surface area (Å²) in [6, 6.07) is 13.8. The lowest BCUT2D eigenvalue weighted by atomic mass is 9.74. The first-order valence-electron chi connectivity index (χ1n) is 10.5. The maximum absolute atomic E-state index is 13.2. The molecule has 0 bridgehead atoms. The van der Waals surface area contributed by atoms with Crippen LogP contribution in [-0.2, 0) is 23.9 Å². The summed E-state index contributed by atoms with van der Waals surface area (Å²) >= 11 is 0. The number of ketones is 2. The summed E-state index contributed by atoms with van der Waals surface area (Å²) in [6.07, 6.45) is 6.72. The molecule has 0 aromatic heterocycles. The Kier molecular flexibility index (Phi) is 4.35. The Bertz CT molecular complexity index is 1330. The van der Waals surface area contributed by atoms with Crippen LogP contribution < -0.4 is 0 Å². The summed E-state index contributed by atoms with van der Waals surface area (Å²) in [4.78, 5) is 38.9. The molecule has 5 heteroatoms. The molecule has 0 saturated carbocycles. The van der Waals surface area contributed by atoms with Crippen molar-refractivity contribution >= 4 is 34.4 Å². The van der Waals surface area contributed by atoms with E-state index >= 15 is 0 Å². The number of benzene rings is 2. The quantitative estimate of drug-likeness (QED) is 0.407. The van der Waals surface area contributed by atoms with E-state index in [0.717, 1.165) is 21.9 Å². The van der Waals surface area contributed by atoms with Crippen LogP contribution >= 0.6 is 0 Å². The zero-order valence-electron chi connectivity index (χ0n) is 18.1. The molecule has 0 spiro atoms. The lowest BCUT2D eigenvalue weighted by Crippen LogP contribution is -2.43. The summed E-state index contributed by atoms with van der Waals surface area (Å²) in [5.41, 5.74) is 0.224. The van der Waals surface area contributed by atoms with E-state index in [4.69, 9.17) is 9.47 Å². The van der Waals surface area contributed by atoms with Gasteiger partial charge in [0.25, 0.3) is 0 Å². The van der Waals surface area contributed by atoms with Crippen molar-refractivity contribution in [3.05, 3.63) is 88.7 Å². The lowest BCUT2D eigenvalue weighted by molar-refractivity contribution is -0.153. The zero-order chi connectivity index (χ0) is 22.7. The minimum absolute atomic E-state index is 0.0891. The van der Waals surface area contributed by atoms with Crippen LogP contribution in [0.2, 0.25) is 0 Å². The number of allylic oxidation sites excluding steroid dienone is 1. The van der Waals surface area contributed by atoms with Crippen LogP contribution in [0.15, 0.2) is 83.2 Å².